The monoisotopic (exact) mass is 495 g/mol. The number of thiazole rings is 1. The van der Waals surface area contributed by atoms with Crippen LogP contribution in [0.3, 0.4) is 0 Å². The van der Waals surface area contributed by atoms with Gasteiger partial charge >= 0.3 is 0 Å². The number of carbonyl (C=O) groups excluding carboxylic acids is 1. The van der Waals surface area contributed by atoms with E-state index in [1.807, 2.05) is 16.8 Å². The highest BCUT2D eigenvalue weighted by Gasteiger charge is 2.29. The summed E-state index contributed by atoms with van der Waals surface area (Å²) < 4.78 is 22.4. The number of hydrogen-bond donors (Lipinski definition) is 0. The molecule has 2 aromatic carbocycles. The molecule has 5 aromatic rings. The first kappa shape index (κ1) is 22.2. The summed E-state index contributed by atoms with van der Waals surface area (Å²) in [4.78, 5) is 24.0. The van der Waals surface area contributed by atoms with Gasteiger partial charge in [-0.25, -0.2) is 14.4 Å². The van der Waals surface area contributed by atoms with Crippen LogP contribution in [0.15, 0.2) is 65.7 Å². The minimum absolute atomic E-state index is 0.239. The highest BCUT2D eigenvalue weighted by Crippen LogP contribution is 2.35. The summed E-state index contributed by atoms with van der Waals surface area (Å²) in [6.07, 6.45) is 5.92. The fourth-order valence-corrected chi connectivity index (χ4v) is 4.96. The predicted molar refractivity (Wildman–Crippen MR) is 130 cm³/mol. The van der Waals surface area contributed by atoms with Crippen molar-refractivity contribution in [2.24, 2.45) is 0 Å². The minimum atomic E-state index is -0.427. The van der Waals surface area contributed by atoms with Gasteiger partial charge in [-0.3, -0.25) is 9.69 Å². The Balaban J connectivity index is 1.55. The minimum Gasteiger partial charge on any atom is -0.360 e. The largest absolute Gasteiger partial charge is 0.360 e. The van der Waals surface area contributed by atoms with E-state index in [0.29, 0.717) is 56.9 Å². The topological polar surface area (TPSA) is 77.0 Å². The standard InChI is InChI=1S/C24H19ClFN5O2S/c1-15-20(21(29-33-15)16-6-2-3-7-17(16)25)23(32)31(12-5-11-30-13-10-27-14-30)24-28-22-18(26)8-4-9-19(22)34-24/h2-4,6-10,13-14H,5,11-12H2,1H3. The molecule has 7 nitrogen and oxygen atoms in total. The Labute approximate surface area is 203 Å². The van der Waals surface area contributed by atoms with Crippen molar-refractivity contribution in [2.75, 3.05) is 11.4 Å². The van der Waals surface area contributed by atoms with Gasteiger partial charge in [-0.05, 0) is 31.5 Å². The number of fused-ring (bicyclic) bond motifs is 1. The summed E-state index contributed by atoms with van der Waals surface area (Å²) in [5.41, 5.74) is 1.50. The van der Waals surface area contributed by atoms with Gasteiger partial charge in [0.1, 0.15) is 28.4 Å². The van der Waals surface area contributed by atoms with E-state index in [-0.39, 0.29) is 11.4 Å². The van der Waals surface area contributed by atoms with Gasteiger partial charge in [0, 0.05) is 31.0 Å². The van der Waals surface area contributed by atoms with Gasteiger partial charge in [0.25, 0.3) is 5.91 Å². The van der Waals surface area contributed by atoms with Crippen molar-refractivity contribution in [3.8, 4) is 11.3 Å². The van der Waals surface area contributed by atoms with Gasteiger partial charge in [-0.15, -0.1) is 0 Å². The van der Waals surface area contributed by atoms with Crippen LogP contribution in [-0.2, 0) is 6.54 Å². The van der Waals surface area contributed by atoms with Crippen molar-refractivity contribution in [3.63, 3.8) is 0 Å². The number of anilines is 1. The molecule has 0 fully saturated rings. The van der Waals surface area contributed by atoms with Crippen LogP contribution in [0.25, 0.3) is 21.5 Å². The molecule has 3 heterocycles. The number of rotatable bonds is 7. The van der Waals surface area contributed by atoms with Crippen molar-refractivity contribution in [1.82, 2.24) is 19.7 Å². The first-order chi connectivity index (χ1) is 16.5. The zero-order valence-corrected chi connectivity index (χ0v) is 19.7. The third kappa shape index (κ3) is 4.20. The van der Waals surface area contributed by atoms with Crippen LogP contribution in [0.1, 0.15) is 22.5 Å². The molecule has 0 bridgehead atoms. The lowest BCUT2D eigenvalue weighted by molar-refractivity contribution is 0.0985. The van der Waals surface area contributed by atoms with Crippen LogP contribution in [0.4, 0.5) is 9.52 Å². The van der Waals surface area contributed by atoms with Crippen LogP contribution in [0.2, 0.25) is 5.02 Å². The Hall–Kier alpha value is -3.56. The van der Waals surface area contributed by atoms with Crippen LogP contribution < -0.4 is 4.90 Å². The van der Waals surface area contributed by atoms with E-state index in [9.17, 15) is 9.18 Å². The number of imidazole rings is 1. The smallest absolute Gasteiger partial charge is 0.265 e. The molecule has 1 amide bonds. The van der Waals surface area contributed by atoms with Crippen molar-refractivity contribution < 1.29 is 13.7 Å². The van der Waals surface area contributed by atoms with Gasteiger partial charge < -0.3 is 9.09 Å². The molecule has 0 aliphatic carbocycles. The molecule has 0 unspecified atom stereocenters. The maximum absolute atomic E-state index is 14.4. The van der Waals surface area contributed by atoms with Gasteiger partial charge in [-0.2, -0.15) is 0 Å². The van der Waals surface area contributed by atoms with E-state index >= 15 is 0 Å². The quantitative estimate of drug-likeness (QED) is 0.277. The highest BCUT2D eigenvalue weighted by molar-refractivity contribution is 7.22. The average Bonchev–Trinajstić information content (AvgIpc) is 3.57. The second-order valence-corrected chi connectivity index (χ2v) is 9.05. The van der Waals surface area contributed by atoms with E-state index < -0.39 is 5.82 Å². The summed E-state index contributed by atoms with van der Waals surface area (Å²) in [6, 6.07) is 11.9. The van der Waals surface area contributed by atoms with Crippen LogP contribution in [0, 0.1) is 12.7 Å². The highest BCUT2D eigenvalue weighted by atomic mass is 35.5. The maximum Gasteiger partial charge on any atom is 0.265 e. The maximum atomic E-state index is 14.4. The van der Waals surface area contributed by atoms with Crippen LogP contribution in [0.5, 0.6) is 0 Å². The van der Waals surface area contributed by atoms with Gasteiger partial charge in [0.2, 0.25) is 0 Å². The number of nitrogens with zero attached hydrogens (tertiary/aromatic N) is 5. The summed E-state index contributed by atoms with van der Waals surface area (Å²) in [5.74, 6) is -0.394. The number of carbonyl (C=O) groups is 1. The Bertz CT molecular complexity index is 1460. The van der Waals surface area contributed by atoms with Crippen molar-refractivity contribution in [1.29, 1.82) is 0 Å². The summed E-state index contributed by atoms with van der Waals surface area (Å²) in [6.45, 7) is 2.69. The van der Waals surface area contributed by atoms with Crippen molar-refractivity contribution >= 4 is 44.2 Å². The summed E-state index contributed by atoms with van der Waals surface area (Å²) >= 11 is 7.65. The van der Waals surface area contributed by atoms with E-state index in [1.165, 1.54) is 17.4 Å². The first-order valence-corrected chi connectivity index (χ1v) is 11.8. The SMILES string of the molecule is Cc1onc(-c2ccccc2Cl)c1C(=O)N(CCCn1ccnc1)c1nc2c(F)cccc2s1. The van der Waals surface area contributed by atoms with Gasteiger partial charge in [0.05, 0.1) is 16.0 Å². The number of para-hydroxylation sites is 1. The molecule has 0 spiro atoms. The molecular weight excluding hydrogens is 477 g/mol. The third-order valence-corrected chi connectivity index (χ3v) is 6.77. The van der Waals surface area contributed by atoms with E-state index in [2.05, 4.69) is 15.1 Å². The molecular formula is C24H19ClFN5O2S. The molecule has 10 heteroatoms. The molecule has 172 valence electrons. The lowest BCUT2D eigenvalue weighted by atomic mass is 10.1. The Morgan fingerprint density at radius 2 is 2.09 bits per heavy atom. The fourth-order valence-electron chi connectivity index (χ4n) is 3.73. The summed E-state index contributed by atoms with van der Waals surface area (Å²) in [5, 5.41) is 4.99. The first-order valence-electron chi connectivity index (χ1n) is 10.6. The van der Waals surface area contributed by atoms with Gasteiger partial charge in [-0.1, -0.05) is 52.4 Å². The lowest BCUT2D eigenvalue weighted by Gasteiger charge is -2.20. The van der Waals surface area contributed by atoms with E-state index in [1.54, 1.807) is 54.7 Å². The fraction of sp³-hybridized carbons (Fsp3) is 0.167. The van der Waals surface area contributed by atoms with Crippen LogP contribution in [-0.4, -0.2) is 32.1 Å². The molecule has 0 saturated heterocycles. The second kappa shape index (κ2) is 9.36. The molecule has 34 heavy (non-hydrogen) atoms. The molecule has 0 saturated carbocycles. The Morgan fingerprint density at radius 1 is 1.24 bits per heavy atom. The zero-order chi connectivity index (χ0) is 23.7. The summed E-state index contributed by atoms with van der Waals surface area (Å²) in [7, 11) is 0. The third-order valence-electron chi connectivity index (χ3n) is 5.40. The number of halogens is 2. The van der Waals surface area contributed by atoms with Crippen molar-refractivity contribution in [2.45, 2.75) is 19.9 Å². The zero-order valence-electron chi connectivity index (χ0n) is 18.1. The van der Waals surface area contributed by atoms with Crippen molar-refractivity contribution in [3.05, 3.63) is 83.3 Å². The Morgan fingerprint density at radius 3 is 2.85 bits per heavy atom. The number of aromatic nitrogens is 4. The number of hydrogen-bond acceptors (Lipinski definition) is 6. The molecule has 3 aromatic heterocycles. The number of benzene rings is 2. The predicted octanol–water partition coefficient (Wildman–Crippen LogP) is 5.99. The number of amides is 1. The van der Waals surface area contributed by atoms with Gasteiger partial charge in [0.15, 0.2) is 5.13 Å². The molecule has 0 atom stereocenters. The molecule has 5 rings (SSSR count). The molecule has 0 aliphatic rings. The normalized spacial score (nSPS) is 11.3. The van der Waals surface area contributed by atoms with Crippen LogP contribution >= 0.6 is 22.9 Å². The number of aryl methyl sites for hydroxylation is 2. The second-order valence-electron chi connectivity index (χ2n) is 7.64. The molecule has 0 aliphatic heterocycles. The van der Waals surface area contributed by atoms with E-state index in [4.69, 9.17) is 16.1 Å². The molecule has 0 N–H and O–H groups in total. The molecule has 0 radical (unpaired) electrons. The average molecular weight is 496 g/mol. The van der Waals surface area contributed by atoms with E-state index in [0.717, 1.165) is 0 Å². The lowest BCUT2D eigenvalue weighted by Crippen LogP contribution is -2.33. The Kier molecular flexibility index (Phi) is 6.12.